The van der Waals surface area contributed by atoms with E-state index in [2.05, 4.69) is 31.8 Å². The van der Waals surface area contributed by atoms with Crippen LogP contribution in [0.2, 0.25) is 0 Å². The smallest absolute Gasteiger partial charge is 0.329 e. The Morgan fingerprint density at radius 3 is 2.58 bits per heavy atom. The molecule has 2 aromatic carbocycles. The van der Waals surface area contributed by atoms with Crippen LogP contribution >= 0.6 is 15.9 Å². The lowest BCUT2D eigenvalue weighted by Crippen LogP contribution is -2.32. The van der Waals surface area contributed by atoms with Crippen LogP contribution < -0.4 is 20.2 Å². The zero-order valence-electron chi connectivity index (χ0n) is 13.9. The van der Waals surface area contributed by atoms with Crippen molar-refractivity contribution < 1.29 is 24.2 Å². The molecule has 0 heterocycles. The normalized spacial score (nSPS) is 10.4. The highest BCUT2D eigenvalue weighted by molar-refractivity contribution is 9.10. The van der Waals surface area contributed by atoms with Crippen molar-refractivity contribution in [1.29, 1.82) is 0 Å². The van der Waals surface area contributed by atoms with E-state index >= 15 is 0 Å². The number of phenolic OH excluding ortho intramolecular Hbond substituents is 1. The Morgan fingerprint density at radius 1 is 1.12 bits per heavy atom. The number of rotatable bonds is 5. The molecular weight excluding hydrogens is 406 g/mol. The monoisotopic (exact) mass is 421 g/mol. The third-order valence-electron chi connectivity index (χ3n) is 3.22. The number of methoxy groups -OCH3 is 2. The van der Waals surface area contributed by atoms with E-state index in [1.54, 1.807) is 30.3 Å². The molecule has 9 heteroatoms. The number of hydrazone groups is 1. The molecule has 0 unspecified atom stereocenters. The molecular formula is C17H16BrN3O5. The first-order valence-corrected chi connectivity index (χ1v) is 8.09. The van der Waals surface area contributed by atoms with E-state index in [0.717, 1.165) is 4.47 Å². The number of carbonyl (C=O) groups is 2. The van der Waals surface area contributed by atoms with Gasteiger partial charge >= 0.3 is 11.8 Å². The average molecular weight is 422 g/mol. The molecule has 0 bridgehead atoms. The topological polar surface area (TPSA) is 109 Å². The highest BCUT2D eigenvalue weighted by Crippen LogP contribution is 2.28. The van der Waals surface area contributed by atoms with Gasteiger partial charge in [-0.25, -0.2) is 5.43 Å². The quantitative estimate of drug-likeness (QED) is 0.389. The van der Waals surface area contributed by atoms with E-state index < -0.39 is 11.8 Å². The first-order valence-electron chi connectivity index (χ1n) is 7.29. The summed E-state index contributed by atoms with van der Waals surface area (Å²) in [5.41, 5.74) is 2.76. The fourth-order valence-electron chi connectivity index (χ4n) is 1.92. The number of amides is 2. The molecule has 0 saturated heterocycles. The fraction of sp³-hybridized carbons (Fsp3) is 0.118. The number of hydrogen-bond donors (Lipinski definition) is 3. The van der Waals surface area contributed by atoms with Crippen molar-refractivity contribution >= 4 is 39.6 Å². The number of nitrogens with one attached hydrogen (secondary N) is 2. The summed E-state index contributed by atoms with van der Waals surface area (Å²) < 4.78 is 10.9. The summed E-state index contributed by atoms with van der Waals surface area (Å²) in [5, 5.41) is 15.8. The maximum absolute atomic E-state index is 12.0. The van der Waals surface area contributed by atoms with E-state index in [9.17, 15) is 14.7 Å². The highest BCUT2D eigenvalue weighted by atomic mass is 79.9. The van der Waals surface area contributed by atoms with E-state index in [-0.39, 0.29) is 5.75 Å². The Kier molecular flexibility index (Phi) is 6.56. The number of ether oxygens (including phenoxy) is 2. The third-order valence-corrected chi connectivity index (χ3v) is 3.72. The first-order chi connectivity index (χ1) is 12.4. The molecule has 0 aliphatic carbocycles. The highest BCUT2D eigenvalue weighted by Gasteiger charge is 2.15. The van der Waals surface area contributed by atoms with Gasteiger partial charge in [0.25, 0.3) is 0 Å². The molecule has 26 heavy (non-hydrogen) atoms. The molecule has 0 aliphatic rings. The summed E-state index contributed by atoms with van der Waals surface area (Å²) in [7, 11) is 2.93. The summed E-state index contributed by atoms with van der Waals surface area (Å²) in [6, 6.07) is 9.46. The van der Waals surface area contributed by atoms with Crippen molar-refractivity contribution in [2.24, 2.45) is 5.10 Å². The predicted molar refractivity (Wildman–Crippen MR) is 99.7 cm³/mol. The van der Waals surface area contributed by atoms with Gasteiger partial charge in [0, 0.05) is 16.1 Å². The van der Waals surface area contributed by atoms with Gasteiger partial charge in [-0.15, -0.1) is 0 Å². The minimum atomic E-state index is -0.978. The first kappa shape index (κ1) is 19.3. The van der Waals surface area contributed by atoms with Crippen LogP contribution in [0.1, 0.15) is 5.56 Å². The van der Waals surface area contributed by atoms with Gasteiger partial charge in [0.2, 0.25) is 0 Å². The molecule has 136 valence electrons. The molecule has 2 aromatic rings. The molecule has 0 fully saturated rings. The van der Waals surface area contributed by atoms with Gasteiger partial charge in [0.15, 0.2) is 0 Å². The molecule has 0 spiro atoms. The number of hydrogen-bond acceptors (Lipinski definition) is 6. The number of carbonyl (C=O) groups excluding carboxylic acids is 2. The molecule has 0 aromatic heterocycles. The molecule has 2 rings (SSSR count). The molecule has 0 radical (unpaired) electrons. The van der Waals surface area contributed by atoms with Crippen molar-refractivity contribution in [3.8, 4) is 17.2 Å². The number of benzene rings is 2. The van der Waals surface area contributed by atoms with Crippen molar-refractivity contribution in [2.75, 3.05) is 19.5 Å². The van der Waals surface area contributed by atoms with E-state index in [1.807, 2.05) is 0 Å². The van der Waals surface area contributed by atoms with Crippen molar-refractivity contribution in [3.05, 3.63) is 46.4 Å². The van der Waals surface area contributed by atoms with Gasteiger partial charge < -0.3 is 19.9 Å². The molecule has 8 nitrogen and oxygen atoms in total. The van der Waals surface area contributed by atoms with Crippen LogP contribution in [0.5, 0.6) is 17.2 Å². The van der Waals surface area contributed by atoms with Crippen LogP contribution in [0.4, 0.5) is 5.69 Å². The zero-order valence-corrected chi connectivity index (χ0v) is 15.5. The number of anilines is 1. The van der Waals surface area contributed by atoms with Crippen LogP contribution in [0, 0.1) is 0 Å². The van der Waals surface area contributed by atoms with Gasteiger partial charge in [-0.1, -0.05) is 15.9 Å². The van der Waals surface area contributed by atoms with Crippen LogP contribution in [-0.4, -0.2) is 37.4 Å². The van der Waals surface area contributed by atoms with E-state index in [0.29, 0.717) is 22.7 Å². The minimum Gasteiger partial charge on any atom is -0.507 e. The van der Waals surface area contributed by atoms with Gasteiger partial charge in [-0.3, -0.25) is 9.59 Å². The molecule has 0 aliphatic heterocycles. The molecule has 0 saturated carbocycles. The molecule has 3 N–H and O–H groups in total. The summed E-state index contributed by atoms with van der Waals surface area (Å²) in [6.07, 6.45) is 1.22. The molecule has 2 amide bonds. The lowest BCUT2D eigenvalue weighted by atomic mass is 10.2. The molecule has 0 atom stereocenters. The SMILES string of the molecule is COc1ccc(NC(=O)C(=O)N/N=C/c2cc(Br)ccc2O)c(OC)c1. The second kappa shape index (κ2) is 8.86. The summed E-state index contributed by atoms with van der Waals surface area (Å²) in [4.78, 5) is 23.8. The van der Waals surface area contributed by atoms with Gasteiger partial charge in [0.05, 0.1) is 26.1 Å². The van der Waals surface area contributed by atoms with Crippen molar-refractivity contribution in [2.45, 2.75) is 0 Å². The number of phenols is 1. The van der Waals surface area contributed by atoms with Crippen LogP contribution in [0.3, 0.4) is 0 Å². The minimum absolute atomic E-state index is 0.0152. The summed E-state index contributed by atoms with van der Waals surface area (Å²) in [5.74, 6) is -1.04. The second-order valence-electron chi connectivity index (χ2n) is 4.92. The summed E-state index contributed by atoms with van der Waals surface area (Å²) >= 11 is 3.26. The van der Waals surface area contributed by atoms with Crippen LogP contribution in [0.15, 0.2) is 46.0 Å². The largest absolute Gasteiger partial charge is 0.507 e. The number of nitrogens with zero attached hydrogens (tertiary/aromatic N) is 1. The second-order valence-corrected chi connectivity index (χ2v) is 5.84. The Bertz CT molecular complexity index is 854. The van der Waals surface area contributed by atoms with Crippen LogP contribution in [0.25, 0.3) is 0 Å². The number of aromatic hydroxyl groups is 1. The van der Waals surface area contributed by atoms with E-state index in [4.69, 9.17) is 9.47 Å². The maximum atomic E-state index is 12.0. The van der Waals surface area contributed by atoms with Crippen LogP contribution in [-0.2, 0) is 9.59 Å². The zero-order chi connectivity index (χ0) is 19.1. The van der Waals surface area contributed by atoms with Crippen molar-refractivity contribution in [3.63, 3.8) is 0 Å². The summed E-state index contributed by atoms with van der Waals surface area (Å²) in [6.45, 7) is 0. The third kappa shape index (κ3) is 4.96. The Labute approximate surface area is 157 Å². The standard InChI is InChI=1S/C17H16BrN3O5/c1-25-12-4-5-13(15(8-12)26-2)20-16(23)17(24)21-19-9-10-7-11(18)3-6-14(10)22/h3-9,22H,1-2H3,(H,20,23)(H,21,24)/b19-9+. The Hall–Kier alpha value is -3.07. The average Bonchev–Trinajstić information content (AvgIpc) is 2.64. The lowest BCUT2D eigenvalue weighted by Gasteiger charge is -2.10. The van der Waals surface area contributed by atoms with Crippen molar-refractivity contribution in [1.82, 2.24) is 5.43 Å². The van der Waals surface area contributed by atoms with Gasteiger partial charge in [0.1, 0.15) is 17.2 Å². The maximum Gasteiger partial charge on any atom is 0.329 e. The van der Waals surface area contributed by atoms with E-state index in [1.165, 1.54) is 26.5 Å². The van der Waals surface area contributed by atoms with Gasteiger partial charge in [-0.2, -0.15) is 5.10 Å². The Balaban J connectivity index is 2.01. The number of halogens is 1. The Morgan fingerprint density at radius 2 is 1.88 bits per heavy atom. The van der Waals surface area contributed by atoms with Gasteiger partial charge in [-0.05, 0) is 30.3 Å². The lowest BCUT2D eigenvalue weighted by molar-refractivity contribution is -0.136. The fourth-order valence-corrected chi connectivity index (χ4v) is 2.30. The predicted octanol–water partition coefficient (Wildman–Crippen LogP) is 2.26.